The van der Waals surface area contributed by atoms with Crippen LogP contribution in [0.4, 0.5) is 0 Å². The Morgan fingerprint density at radius 3 is 2.65 bits per heavy atom. The van der Waals surface area contributed by atoms with Crippen LogP contribution in [0.2, 0.25) is 0 Å². The van der Waals surface area contributed by atoms with Gasteiger partial charge in [0.2, 0.25) is 5.91 Å². The second kappa shape index (κ2) is 6.00. The first kappa shape index (κ1) is 14.0. The van der Waals surface area contributed by atoms with Gasteiger partial charge >= 0.3 is 5.97 Å². The molecule has 1 fully saturated rings. The average Bonchev–Trinajstić information content (AvgIpc) is 2.44. The molecule has 2 atom stereocenters. The molecule has 1 saturated heterocycles. The molecule has 0 aromatic rings. The van der Waals surface area contributed by atoms with Crippen molar-refractivity contribution >= 4 is 11.9 Å². The molecule has 5 heteroatoms. The molecule has 0 bridgehead atoms. The lowest BCUT2D eigenvalue weighted by Gasteiger charge is -2.32. The number of ether oxygens (including phenoxy) is 1. The van der Waals surface area contributed by atoms with Gasteiger partial charge in [0.1, 0.15) is 6.04 Å². The number of carbonyl (C=O) groups is 2. The highest BCUT2D eigenvalue weighted by Crippen LogP contribution is 2.19. The van der Waals surface area contributed by atoms with E-state index in [1.165, 1.54) is 7.11 Å². The number of hydrogen-bond donors (Lipinski definition) is 1. The molecule has 5 nitrogen and oxygen atoms in total. The fourth-order valence-corrected chi connectivity index (χ4v) is 2.25. The topological polar surface area (TPSA) is 72.6 Å². The predicted octanol–water partition coefficient (Wildman–Crippen LogP) is 0.524. The van der Waals surface area contributed by atoms with Gasteiger partial charge in [0.05, 0.1) is 13.2 Å². The molecule has 0 spiro atoms. The van der Waals surface area contributed by atoms with E-state index in [0.717, 1.165) is 12.8 Å². The number of amides is 1. The van der Waals surface area contributed by atoms with Crippen molar-refractivity contribution in [1.82, 2.24) is 4.90 Å². The van der Waals surface area contributed by atoms with Crippen molar-refractivity contribution < 1.29 is 14.3 Å². The van der Waals surface area contributed by atoms with Crippen molar-refractivity contribution in [3.63, 3.8) is 0 Å². The molecule has 0 aliphatic carbocycles. The Morgan fingerprint density at radius 1 is 1.47 bits per heavy atom. The minimum Gasteiger partial charge on any atom is -0.467 e. The minimum atomic E-state index is -0.517. The summed E-state index contributed by atoms with van der Waals surface area (Å²) in [5.74, 6) is -0.467. The van der Waals surface area contributed by atoms with E-state index in [0.29, 0.717) is 13.0 Å². The normalized spacial score (nSPS) is 23.5. The number of likely N-dealkylation sites (tertiary alicyclic amines) is 1. The quantitative estimate of drug-likeness (QED) is 0.732. The molecule has 98 valence electrons. The van der Waals surface area contributed by atoms with Crippen LogP contribution in [0.25, 0.3) is 0 Å². The Bertz CT molecular complexity index is 291. The van der Waals surface area contributed by atoms with Gasteiger partial charge in [0.15, 0.2) is 0 Å². The first-order valence-corrected chi connectivity index (χ1v) is 6.13. The maximum Gasteiger partial charge on any atom is 0.328 e. The van der Waals surface area contributed by atoms with E-state index in [9.17, 15) is 9.59 Å². The summed E-state index contributed by atoms with van der Waals surface area (Å²) in [6.45, 7) is 4.40. The summed E-state index contributed by atoms with van der Waals surface area (Å²) >= 11 is 0. The first-order chi connectivity index (χ1) is 7.99. The number of hydrogen-bond acceptors (Lipinski definition) is 4. The van der Waals surface area contributed by atoms with Crippen molar-refractivity contribution in [2.24, 2.45) is 11.7 Å². The van der Waals surface area contributed by atoms with Crippen molar-refractivity contribution in [2.45, 2.75) is 45.2 Å². The predicted molar refractivity (Wildman–Crippen MR) is 64.2 cm³/mol. The molecule has 1 rings (SSSR count). The average molecular weight is 242 g/mol. The van der Waals surface area contributed by atoms with Crippen LogP contribution >= 0.6 is 0 Å². The van der Waals surface area contributed by atoms with Crippen LogP contribution in [0.15, 0.2) is 0 Å². The molecule has 0 aromatic heterocycles. The summed E-state index contributed by atoms with van der Waals surface area (Å²) in [5.41, 5.74) is 5.80. The molecule has 1 amide bonds. The van der Waals surface area contributed by atoms with Gasteiger partial charge in [-0.3, -0.25) is 4.79 Å². The molecule has 2 N–H and O–H groups in total. The summed E-state index contributed by atoms with van der Waals surface area (Å²) in [6.07, 6.45) is 2.51. The van der Waals surface area contributed by atoms with Gasteiger partial charge in [-0.2, -0.15) is 0 Å². The maximum absolute atomic E-state index is 12.1. The van der Waals surface area contributed by atoms with Crippen LogP contribution in [0.5, 0.6) is 0 Å². The summed E-state index contributed by atoms with van der Waals surface area (Å²) in [7, 11) is 1.35. The molecule has 0 aromatic carbocycles. The zero-order chi connectivity index (χ0) is 13.0. The Labute approximate surface area is 102 Å². The van der Waals surface area contributed by atoms with Crippen molar-refractivity contribution in [3.8, 4) is 0 Å². The smallest absolute Gasteiger partial charge is 0.328 e. The molecular weight excluding hydrogens is 220 g/mol. The van der Waals surface area contributed by atoms with Crippen LogP contribution in [0.3, 0.4) is 0 Å². The number of nitrogens with zero attached hydrogens (tertiary/aromatic N) is 1. The Balaban J connectivity index is 2.91. The van der Waals surface area contributed by atoms with Crippen LogP contribution in [-0.2, 0) is 14.3 Å². The van der Waals surface area contributed by atoms with Crippen molar-refractivity contribution in [2.75, 3.05) is 13.7 Å². The first-order valence-electron chi connectivity index (χ1n) is 6.13. The van der Waals surface area contributed by atoms with Gasteiger partial charge in [0.25, 0.3) is 0 Å². The summed E-state index contributed by atoms with van der Waals surface area (Å²) in [5, 5.41) is 0. The third-order valence-corrected chi connectivity index (χ3v) is 3.17. The van der Waals surface area contributed by atoms with E-state index in [2.05, 4.69) is 0 Å². The third-order valence-electron chi connectivity index (χ3n) is 3.17. The van der Waals surface area contributed by atoms with E-state index < -0.39 is 12.1 Å². The summed E-state index contributed by atoms with van der Waals surface area (Å²) in [4.78, 5) is 25.5. The highest BCUT2D eigenvalue weighted by molar-refractivity contribution is 5.87. The van der Waals surface area contributed by atoms with Gasteiger partial charge in [0, 0.05) is 6.54 Å². The Hall–Kier alpha value is -1.10. The van der Waals surface area contributed by atoms with Crippen LogP contribution in [-0.4, -0.2) is 42.5 Å². The van der Waals surface area contributed by atoms with Gasteiger partial charge < -0.3 is 15.4 Å². The largest absolute Gasteiger partial charge is 0.467 e. The van der Waals surface area contributed by atoms with Gasteiger partial charge in [-0.05, 0) is 25.2 Å². The number of rotatable bonds is 3. The van der Waals surface area contributed by atoms with E-state index in [1.54, 1.807) is 4.90 Å². The minimum absolute atomic E-state index is 0.0247. The SMILES string of the molecule is COC(=O)[C@H](C(C)C)N1CCCC[C@H](N)C1=O. The molecule has 0 saturated carbocycles. The van der Waals surface area contributed by atoms with Crippen LogP contribution < -0.4 is 5.73 Å². The Morgan fingerprint density at radius 2 is 2.12 bits per heavy atom. The molecular formula is C12H22N2O3. The summed E-state index contributed by atoms with van der Waals surface area (Å²) < 4.78 is 4.78. The number of carbonyl (C=O) groups excluding carboxylic acids is 2. The van der Waals surface area contributed by atoms with Crippen molar-refractivity contribution in [3.05, 3.63) is 0 Å². The molecule has 0 radical (unpaired) electrons. The number of nitrogens with two attached hydrogens (primary N) is 1. The third kappa shape index (κ3) is 3.19. The monoisotopic (exact) mass is 242 g/mol. The lowest BCUT2D eigenvalue weighted by Crippen LogP contribution is -2.53. The van der Waals surface area contributed by atoms with E-state index in [1.807, 2.05) is 13.8 Å². The molecule has 0 unspecified atom stereocenters. The second-order valence-corrected chi connectivity index (χ2v) is 4.85. The number of methoxy groups -OCH3 is 1. The van der Waals surface area contributed by atoms with Crippen LogP contribution in [0, 0.1) is 5.92 Å². The zero-order valence-corrected chi connectivity index (χ0v) is 10.8. The molecule has 1 aliphatic heterocycles. The number of esters is 1. The highest BCUT2D eigenvalue weighted by Gasteiger charge is 2.36. The summed E-state index contributed by atoms with van der Waals surface area (Å²) in [6, 6.07) is -1.000. The molecule has 1 aliphatic rings. The maximum atomic E-state index is 12.1. The molecule has 1 heterocycles. The second-order valence-electron chi connectivity index (χ2n) is 4.85. The fourth-order valence-electron chi connectivity index (χ4n) is 2.25. The molecule has 17 heavy (non-hydrogen) atoms. The van der Waals surface area contributed by atoms with Gasteiger partial charge in [-0.25, -0.2) is 4.79 Å². The van der Waals surface area contributed by atoms with Gasteiger partial charge in [-0.15, -0.1) is 0 Å². The fraction of sp³-hybridized carbons (Fsp3) is 0.833. The van der Waals surface area contributed by atoms with E-state index in [4.69, 9.17) is 10.5 Å². The van der Waals surface area contributed by atoms with Crippen molar-refractivity contribution in [1.29, 1.82) is 0 Å². The van der Waals surface area contributed by atoms with E-state index >= 15 is 0 Å². The van der Waals surface area contributed by atoms with Crippen LogP contribution in [0.1, 0.15) is 33.1 Å². The lowest BCUT2D eigenvalue weighted by molar-refractivity contribution is -0.155. The standard InChI is InChI=1S/C12H22N2O3/c1-8(2)10(12(16)17-3)14-7-5-4-6-9(13)11(14)15/h8-10H,4-7,13H2,1-3H3/t9-,10-/m0/s1. The van der Waals surface area contributed by atoms with E-state index in [-0.39, 0.29) is 17.8 Å². The highest BCUT2D eigenvalue weighted by atomic mass is 16.5. The van der Waals surface area contributed by atoms with Gasteiger partial charge in [-0.1, -0.05) is 13.8 Å². The Kier molecular flexibility index (Phi) is 4.93. The lowest BCUT2D eigenvalue weighted by atomic mass is 10.0. The zero-order valence-electron chi connectivity index (χ0n) is 10.8.